The lowest BCUT2D eigenvalue weighted by atomic mass is 10.1. The number of aromatic carboxylic acids is 1. The Kier molecular flexibility index (Phi) is 5.58. The standard InChI is InChI=1S/C23H23F2N3O4/c1-13-11-16-18(29)12-19(28-9-7-23(24,25)8-10-28)32-21(16)20(26-13)14(2)27-17-6-4-3-5-15(17)22(30)31/h3-6,11-12,14,27H,7-10H2,1-2H3,(H,30,31)/t14-/m1/s1. The number of rotatable bonds is 5. The van der Waals surface area contributed by atoms with Crippen LogP contribution >= 0.6 is 0 Å². The van der Waals surface area contributed by atoms with E-state index in [1.54, 1.807) is 43.0 Å². The van der Waals surface area contributed by atoms with Crippen molar-refractivity contribution in [2.75, 3.05) is 23.3 Å². The summed E-state index contributed by atoms with van der Waals surface area (Å²) in [5, 5.41) is 12.9. The molecule has 7 nitrogen and oxygen atoms in total. The number of pyridine rings is 1. The van der Waals surface area contributed by atoms with Gasteiger partial charge in [0, 0.05) is 43.4 Å². The van der Waals surface area contributed by atoms with Crippen LogP contribution < -0.4 is 15.6 Å². The number of halogens is 2. The van der Waals surface area contributed by atoms with Crippen molar-refractivity contribution in [2.45, 2.75) is 38.7 Å². The van der Waals surface area contributed by atoms with E-state index in [9.17, 15) is 23.5 Å². The van der Waals surface area contributed by atoms with Gasteiger partial charge in [-0.25, -0.2) is 13.6 Å². The molecule has 0 aliphatic carbocycles. The van der Waals surface area contributed by atoms with Gasteiger partial charge in [-0.05, 0) is 32.0 Å². The molecule has 0 amide bonds. The number of aryl methyl sites for hydroxylation is 1. The normalized spacial score (nSPS) is 16.7. The molecule has 9 heteroatoms. The molecule has 0 radical (unpaired) electrons. The van der Waals surface area contributed by atoms with E-state index in [1.165, 1.54) is 12.1 Å². The highest BCUT2D eigenvalue weighted by molar-refractivity contribution is 5.94. The molecule has 1 atom stereocenters. The molecule has 4 rings (SSSR count). The molecular formula is C23H23F2N3O4. The van der Waals surface area contributed by atoms with Crippen LogP contribution in [0.25, 0.3) is 11.0 Å². The van der Waals surface area contributed by atoms with Gasteiger partial charge in [0.2, 0.25) is 0 Å². The summed E-state index contributed by atoms with van der Waals surface area (Å²) in [4.78, 5) is 30.6. The van der Waals surface area contributed by atoms with Gasteiger partial charge < -0.3 is 19.7 Å². The Morgan fingerprint density at radius 3 is 2.62 bits per heavy atom. The number of carboxylic acids is 1. The monoisotopic (exact) mass is 443 g/mol. The second-order valence-corrected chi connectivity index (χ2v) is 8.03. The van der Waals surface area contributed by atoms with Crippen LogP contribution in [0.3, 0.4) is 0 Å². The number of nitrogens with zero attached hydrogens (tertiary/aromatic N) is 2. The Morgan fingerprint density at radius 2 is 1.94 bits per heavy atom. The summed E-state index contributed by atoms with van der Waals surface area (Å²) >= 11 is 0. The van der Waals surface area contributed by atoms with Crippen LogP contribution in [0, 0.1) is 6.92 Å². The summed E-state index contributed by atoms with van der Waals surface area (Å²) in [5.74, 6) is -3.56. The maximum Gasteiger partial charge on any atom is 0.337 e. The molecule has 2 aromatic heterocycles. The lowest BCUT2D eigenvalue weighted by Gasteiger charge is -2.32. The van der Waals surface area contributed by atoms with Crippen molar-refractivity contribution in [1.82, 2.24) is 4.98 Å². The minimum absolute atomic E-state index is 0.0792. The molecule has 32 heavy (non-hydrogen) atoms. The van der Waals surface area contributed by atoms with Crippen molar-refractivity contribution in [1.29, 1.82) is 0 Å². The van der Waals surface area contributed by atoms with E-state index in [1.807, 2.05) is 0 Å². The number of benzene rings is 1. The number of carbonyl (C=O) groups is 1. The van der Waals surface area contributed by atoms with Crippen molar-refractivity contribution >= 4 is 28.5 Å². The van der Waals surface area contributed by atoms with Gasteiger partial charge in [0.25, 0.3) is 5.92 Å². The number of hydrogen-bond donors (Lipinski definition) is 2. The number of anilines is 2. The maximum atomic E-state index is 13.6. The third kappa shape index (κ3) is 4.28. The molecule has 1 saturated heterocycles. The highest BCUT2D eigenvalue weighted by Gasteiger charge is 2.35. The zero-order valence-corrected chi connectivity index (χ0v) is 17.7. The molecule has 1 fully saturated rings. The second kappa shape index (κ2) is 8.22. The molecule has 1 aromatic carbocycles. The third-order valence-electron chi connectivity index (χ3n) is 5.60. The summed E-state index contributed by atoms with van der Waals surface area (Å²) in [6.07, 6.45) is -0.616. The van der Waals surface area contributed by atoms with E-state index in [0.29, 0.717) is 22.5 Å². The van der Waals surface area contributed by atoms with Crippen molar-refractivity contribution in [3.05, 3.63) is 63.6 Å². The van der Waals surface area contributed by atoms with Crippen LogP contribution in [0.1, 0.15) is 47.6 Å². The molecule has 0 unspecified atom stereocenters. The SMILES string of the molecule is Cc1cc2c(=O)cc(N3CCC(F)(F)CC3)oc2c([C@@H](C)Nc2ccccc2C(=O)O)n1. The van der Waals surface area contributed by atoms with Crippen LogP contribution in [-0.2, 0) is 0 Å². The van der Waals surface area contributed by atoms with E-state index >= 15 is 0 Å². The first-order valence-corrected chi connectivity index (χ1v) is 10.3. The summed E-state index contributed by atoms with van der Waals surface area (Å²) < 4.78 is 33.2. The van der Waals surface area contributed by atoms with Crippen molar-refractivity contribution in [3.8, 4) is 0 Å². The lowest BCUT2D eigenvalue weighted by molar-refractivity contribution is -0.0225. The molecule has 3 heterocycles. The fraction of sp³-hybridized carbons (Fsp3) is 0.348. The molecule has 1 aliphatic heterocycles. The van der Waals surface area contributed by atoms with Gasteiger partial charge in [0.05, 0.1) is 17.0 Å². The highest BCUT2D eigenvalue weighted by atomic mass is 19.3. The average molecular weight is 443 g/mol. The quantitative estimate of drug-likeness (QED) is 0.595. The maximum absolute atomic E-state index is 13.6. The topological polar surface area (TPSA) is 95.7 Å². The molecule has 2 N–H and O–H groups in total. The Labute approximate surface area is 182 Å². The van der Waals surface area contributed by atoms with Gasteiger partial charge in [0.1, 0.15) is 5.69 Å². The average Bonchev–Trinajstić information content (AvgIpc) is 2.74. The van der Waals surface area contributed by atoms with Crippen LogP contribution in [-0.4, -0.2) is 35.1 Å². The first-order chi connectivity index (χ1) is 15.1. The summed E-state index contributed by atoms with van der Waals surface area (Å²) in [7, 11) is 0. The molecule has 0 bridgehead atoms. The first-order valence-electron chi connectivity index (χ1n) is 10.3. The number of aromatic nitrogens is 1. The number of piperidine rings is 1. The Morgan fingerprint density at radius 1 is 1.25 bits per heavy atom. The van der Waals surface area contributed by atoms with Crippen molar-refractivity contribution in [3.63, 3.8) is 0 Å². The minimum atomic E-state index is -2.71. The summed E-state index contributed by atoms with van der Waals surface area (Å²) in [5.41, 5.74) is 1.51. The molecule has 0 spiro atoms. The second-order valence-electron chi connectivity index (χ2n) is 8.03. The van der Waals surface area contributed by atoms with Gasteiger partial charge in [0.15, 0.2) is 16.9 Å². The number of fused-ring (bicyclic) bond motifs is 1. The van der Waals surface area contributed by atoms with Crippen LogP contribution in [0.15, 0.2) is 45.6 Å². The van der Waals surface area contributed by atoms with Crippen molar-refractivity contribution in [2.24, 2.45) is 0 Å². The predicted molar refractivity (Wildman–Crippen MR) is 117 cm³/mol. The number of carboxylic acid groups (broad SMARTS) is 1. The fourth-order valence-electron chi connectivity index (χ4n) is 3.90. The molecule has 0 saturated carbocycles. The van der Waals surface area contributed by atoms with Gasteiger partial charge in [-0.3, -0.25) is 9.78 Å². The van der Waals surface area contributed by atoms with E-state index in [-0.39, 0.29) is 48.4 Å². The Hall–Kier alpha value is -3.49. The van der Waals surface area contributed by atoms with Gasteiger partial charge in [-0.2, -0.15) is 0 Å². The number of hydrogen-bond acceptors (Lipinski definition) is 6. The number of nitrogens with one attached hydrogen (secondary N) is 1. The van der Waals surface area contributed by atoms with Gasteiger partial charge >= 0.3 is 5.97 Å². The Bertz CT molecular complexity index is 1230. The highest BCUT2D eigenvalue weighted by Crippen LogP contribution is 2.33. The lowest BCUT2D eigenvalue weighted by Crippen LogP contribution is -2.39. The van der Waals surface area contributed by atoms with Crippen LogP contribution in [0.4, 0.5) is 20.4 Å². The molecule has 1 aliphatic rings. The fourth-order valence-corrected chi connectivity index (χ4v) is 3.90. The third-order valence-corrected chi connectivity index (χ3v) is 5.60. The largest absolute Gasteiger partial charge is 0.478 e. The summed E-state index contributed by atoms with van der Waals surface area (Å²) in [6.45, 7) is 3.70. The van der Waals surface area contributed by atoms with E-state index < -0.39 is 17.9 Å². The zero-order chi connectivity index (χ0) is 23.0. The van der Waals surface area contributed by atoms with Gasteiger partial charge in [-0.1, -0.05) is 12.1 Å². The van der Waals surface area contributed by atoms with Crippen LogP contribution in [0.2, 0.25) is 0 Å². The molecule has 3 aromatic rings. The van der Waals surface area contributed by atoms with E-state index in [4.69, 9.17) is 4.42 Å². The zero-order valence-electron chi connectivity index (χ0n) is 17.7. The minimum Gasteiger partial charge on any atom is -0.478 e. The molecular weight excluding hydrogens is 420 g/mol. The van der Waals surface area contributed by atoms with Crippen molar-refractivity contribution < 1.29 is 23.1 Å². The van der Waals surface area contributed by atoms with Crippen LogP contribution in [0.5, 0.6) is 0 Å². The summed E-state index contributed by atoms with van der Waals surface area (Å²) in [6, 6.07) is 8.93. The molecule has 168 valence electrons. The van der Waals surface area contributed by atoms with E-state index in [2.05, 4.69) is 10.3 Å². The van der Waals surface area contributed by atoms with E-state index in [0.717, 1.165) is 0 Å². The number of para-hydroxylation sites is 1. The van der Waals surface area contributed by atoms with Gasteiger partial charge in [-0.15, -0.1) is 0 Å². The Balaban J connectivity index is 1.75. The number of alkyl halides is 2. The predicted octanol–water partition coefficient (Wildman–Crippen LogP) is 4.60. The first kappa shape index (κ1) is 21.7. The smallest absolute Gasteiger partial charge is 0.337 e.